The lowest BCUT2D eigenvalue weighted by atomic mass is 9.51. The molecule has 2 aromatic rings. The topological polar surface area (TPSA) is 105 Å². The van der Waals surface area contributed by atoms with E-state index in [4.69, 9.17) is 20.9 Å². The maximum atomic E-state index is 12.0. The van der Waals surface area contributed by atoms with Gasteiger partial charge in [0.15, 0.2) is 0 Å². The summed E-state index contributed by atoms with van der Waals surface area (Å²) in [6.45, 7) is 9.21. The molecular formula is C55H90N2O4. The van der Waals surface area contributed by atoms with Crippen molar-refractivity contribution in [2.24, 2.45) is 23.3 Å². The van der Waals surface area contributed by atoms with E-state index in [1.54, 1.807) is 22.3 Å². The molecule has 4 N–H and O–H groups in total. The third-order valence-electron chi connectivity index (χ3n) is 14.7. The second kappa shape index (κ2) is 28.6. The summed E-state index contributed by atoms with van der Waals surface area (Å²) in [6.07, 6.45) is 35.7. The van der Waals surface area contributed by atoms with Crippen LogP contribution in [0.3, 0.4) is 0 Å². The molecule has 0 aliphatic heterocycles. The first-order valence-electron chi connectivity index (χ1n) is 25.9. The van der Waals surface area contributed by atoms with Gasteiger partial charge in [0.25, 0.3) is 0 Å². The minimum atomic E-state index is -0.659. The van der Waals surface area contributed by atoms with Crippen LogP contribution in [0.5, 0.6) is 0 Å². The Bertz CT molecular complexity index is 1410. The van der Waals surface area contributed by atoms with Crippen molar-refractivity contribution < 1.29 is 19.1 Å². The molecule has 2 saturated carbocycles. The molecule has 4 rings (SSSR count). The van der Waals surface area contributed by atoms with Crippen LogP contribution in [0.25, 0.3) is 0 Å². The van der Waals surface area contributed by atoms with Crippen molar-refractivity contribution >= 4 is 12.2 Å². The van der Waals surface area contributed by atoms with Gasteiger partial charge in [-0.05, 0) is 148 Å². The molecule has 0 bridgehead atoms. The number of hydrogen-bond donors (Lipinski definition) is 2. The Morgan fingerprint density at radius 3 is 1.08 bits per heavy atom. The highest BCUT2D eigenvalue weighted by molar-refractivity contribution is 5.65. The molecule has 2 aliphatic carbocycles. The zero-order valence-corrected chi connectivity index (χ0v) is 39.7. The highest BCUT2D eigenvalue weighted by atomic mass is 16.6. The quantitative estimate of drug-likeness (QED) is 0.0764. The lowest BCUT2D eigenvalue weighted by Gasteiger charge is -2.53. The highest BCUT2D eigenvalue weighted by Gasteiger charge is 2.51. The van der Waals surface area contributed by atoms with Crippen molar-refractivity contribution in [1.82, 2.24) is 0 Å². The molecular weight excluding hydrogens is 753 g/mol. The summed E-state index contributed by atoms with van der Waals surface area (Å²) in [5.74, 6) is 0.743. The fourth-order valence-electron chi connectivity index (χ4n) is 11.5. The minimum absolute atomic E-state index is 0.132. The molecule has 2 fully saturated rings. The molecule has 0 atom stereocenters. The molecule has 2 aliphatic rings. The number of primary amides is 2. The average molecular weight is 843 g/mol. The van der Waals surface area contributed by atoms with E-state index in [9.17, 15) is 9.59 Å². The van der Waals surface area contributed by atoms with Crippen LogP contribution in [0.15, 0.2) is 36.4 Å². The molecule has 6 heteroatoms. The van der Waals surface area contributed by atoms with Crippen molar-refractivity contribution in [3.05, 3.63) is 69.8 Å². The largest absolute Gasteiger partial charge is 0.446 e. The van der Waals surface area contributed by atoms with Crippen LogP contribution >= 0.6 is 0 Å². The summed E-state index contributed by atoms with van der Waals surface area (Å²) in [6, 6.07) is 15.5. The molecule has 0 heterocycles. The first-order chi connectivity index (χ1) is 29.8. The SMILES string of the molecule is CCCCCCCc1ccc(C(c2ccc(CCCCCCC)cc2CCCCCCC)(C2CCC(OC(N)=O)CC2)C2CCC(OC(N)=O)CC2)c(CCCCCCC)c1. The number of nitrogens with two attached hydrogens (primary N) is 2. The predicted molar refractivity (Wildman–Crippen MR) is 256 cm³/mol. The fourth-order valence-corrected chi connectivity index (χ4v) is 11.5. The predicted octanol–water partition coefficient (Wildman–Crippen LogP) is 15.3. The van der Waals surface area contributed by atoms with E-state index in [1.807, 2.05) is 0 Å². The molecule has 0 saturated heterocycles. The number of carbonyl (C=O) groups excluding carboxylic acids is 2. The van der Waals surface area contributed by atoms with Crippen LogP contribution < -0.4 is 11.5 Å². The van der Waals surface area contributed by atoms with Crippen molar-refractivity contribution in [3.63, 3.8) is 0 Å². The number of benzene rings is 2. The van der Waals surface area contributed by atoms with Crippen LogP contribution in [0.4, 0.5) is 9.59 Å². The minimum Gasteiger partial charge on any atom is -0.446 e. The Morgan fingerprint density at radius 1 is 0.459 bits per heavy atom. The number of unbranched alkanes of at least 4 members (excludes halogenated alkanes) is 16. The molecule has 2 aromatic carbocycles. The second-order valence-corrected chi connectivity index (χ2v) is 19.3. The molecule has 2 amide bonds. The lowest BCUT2D eigenvalue weighted by molar-refractivity contribution is 0.0274. The second-order valence-electron chi connectivity index (χ2n) is 19.3. The van der Waals surface area contributed by atoms with Gasteiger partial charge >= 0.3 is 12.2 Å². The molecule has 0 spiro atoms. The maximum Gasteiger partial charge on any atom is 0.404 e. The Labute approximate surface area is 373 Å². The van der Waals surface area contributed by atoms with Crippen molar-refractivity contribution in [3.8, 4) is 0 Å². The van der Waals surface area contributed by atoms with Gasteiger partial charge in [-0.15, -0.1) is 0 Å². The summed E-state index contributed by atoms with van der Waals surface area (Å²) in [7, 11) is 0. The Balaban J connectivity index is 1.93. The van der Waals surface area contributed by atoms with E-state index < -0.39 is 12.2 Å². The van der Waals surface area contributed by atoms with Gasteiger partial charge in [-0.25, -0.2) is 9.59 Å². The van der Waals surface area contributed by atoms with Crippen LogP contribution in [-0.2, 0) is 40.6 Å². The van der Waals surface area contributed by atoms with Gasteiger partial charge in [0, 0.05) is 5.41 Å². The molecule has 0 unspecified atom stereocenters. The standard InChI is InChI=1S/C55H90N2O4/c1-5-9-13-17-21-25-43-29-39-51(45(41-43)27-23-19-15-11-7-3)55(47-31-35-49(36-32-47)60-53(56)58,48-33-37-50(38-34-48)61-54(57)59)52-40-30-44(26-22-18-14-10-6-2)42-46(52)28-24-20-16-12-8-4/h29-30,39-42,47-50H,5-28,31-38H2,1-4H3,(H2,56,58)(H2,57,59). The highest BCUT2D eigenvalue weighted by Crippen LogP contribution is 2.57. The monoisotopic (exact) mass is 843 g/mol. The number of rotatable bonds is 30. The first kappa shape index (κ1) is 50.6. The van der Waals surface area contributed by atoms with Crippen LogP contribution in [0.1, 0.15) is 241 Å². The lowest BCUT2D eigenvalue weighted by Crippen LogP contribution is -2.49. The van der Waals surface area contributed by atoms with Gasteiger partial charge in [-0.2, -0.15) is 0 Å². The van der Waals surface area contributed by atoms with Gasteiger partial charge < -0.3 is 20.9 Å². The smallest absolute Gasteiger partial charge is 0.404 e. The molecule has 0 radical (unpaired) electrons. The van der Waals surface area contributed by atoms with Crippen molar-refractivity contribution in [2.45, 2.75) is 251 Å². The number of carbonyl (C=O) groups is 2. The Kier molecular flexibility index (Phi) is 23.8. The molecule has 344 valence electrons. The maximum absolute atomic E-state index is 12.0. The average Bonchev–Trinajstić information content (AvgIpc) is 3.25. The summed E-state index contributed by atoms with van der Waals surface area (Å²) in [4.78, 5) is 24.1. The number of hydrogen-bond acceptors (Lipinski definition) is 4. The summed E-state index contributed by atoms with van der Waals surface area (Å²) in [5.41, 5.74) is 20.2. The zero-order valence-electron chi connectivity index (χ0n) is 39.7. The first-order valence-corrected chi connectivity index (χ1v) is 25.9. The Morgan fingerprint density at radius 2 is 0.770 bits per heavy atom. The summed E-state index contributed by atoms with van der Waals surface area (Å²) >= 11 is 0. The van der Waals surface area contributed by atoms with Crippen molar-refractivity contribution in [1.29, 1.82) is 0 Å². The van der Waals surface area contributed by atoms with E-state index in [0.29, 0.717) is 11.8 Å². The van der Waals surface area contributed by atoms with Gasteiger partial charge in [-0.3, -0.25) is 0 Å². The van der Waals surface area contributed by atoms with E-state index in [0.717, 1.165) is 77.0 Å². The third kappa shape index (κ3) is 16.2. The number of aryl methyl sites for hydroxylation is 4. The fraction of sp³-hybridized carbons (Fsp3) is 0.745. The summed E-state index contributed by atoms with van der Waals surface area (Å²) < 4.78 is 11.4. The van der Waals surface area contributed by atoms with Crippen molar-refractivity contribution in [2.75, 3.05) is 0 Å². The summed E-state index contributed by atoms with van der Waals surface area (Å²) in [5, 5.41) is 0. The van der Waals surface area contributed by atoms with Gasteiger partial charge in [0.05, 0.1) is 0 Å². The van der Waals surface area contributed by atoms with E-state index >= 15 is 0 Å². The normalized spacial score (nSPS) is 19.5. The third-order valence-corrected chi connectivity index (χ3v) is 14.7. The zero-order chi connectivity index (χ0) is 43.7. The van der Waals surface area contributed by atoms with E-state index in [2.05, 4.69) is 64.1 Å². The van der Waals surface area contributed by atoms with Crippen LogP contribution in [0.2, 0.25) is 0 Å². The van der Waals surface area contributed by atoms with E-state index in [1.165, 1.54) is 140 Å². The van der Waals surface area contributed by atoms with Gasteiger partial charge in [-0.1, -0.05) is 167 Å². The Hall–Kier alpha value is -3.02. The van der Waals surface area contributed by atoms with E-state index in [-0.39, 0.29) is 17.6 Å². The molecule has 6 nitrogen and oxygen atoms in total. The van der Waals surface area contributed by atoms with Gasteiger partial charge in [0.1, 0.15) is 12.2 Å². The van der Waals surface area contributed by atoms with Gasteiger partial charge in [0.2, 0.25) is 0 Å². The molecule has 0 aromatic heterocycles. The molecule has 61 heavy (non-hydrogen) atoms. The number of amides is 2. The number of ether oxygens (including phenoxy) is 2. The van der Waals surface area contributed by atoms with Crippen LogP contribution in [0, 0.1) is 11.8 Å². The van der Waals surface area contributed by atoms with Crippen LogP contribution in [-0.4, -0.2) is 24.4 Å².